The molecule has 3 rings (SSSR count). The first kappa shape index (κ1) is 18.6. The molecule has 1 heterocycles. The Balaban J connectivity index is 1.83. The number of nitro groups is 1. The molecule has 0 fully saturated rings. The van der Waals surface area contributed by atoms with E-state index in [1.54, 1.807) is 0 Å². The highest BCUT2D eigenvalue weighted by molar-refractivity contribution is 5.95. The maximum absolute atomic E-state index is 13.6. The van der Waals surface area contributed by atoms with Gasteiger partial charge < -0.3 is 5.32 Å². The van der Waals surface area contributed by atoms with Gasteiger partial charge in [-0.15, -0.1) is 0 Å². The van der Waals surface area contributed by atoms with Gasteiger partial charge >= 0.3 is 5.69 Å². The van der Waals surface area contributed by atoms with Crippen LogP contribution in [0.2, 0.25) is 0 Å². The number of hydrazine groups is 1. The highest BCUT2D eigenvalue weighted by atomic mass is 19.1. The van der Waals surface area contributed by atoms with Gasteiger partial charge in [0.15, 0.2) is 0 Å². The third-order valence-electron chi connectivity index (χ3n) is 3.52. The number of benzene rings is 2. The lowest BCUT2D eigenvalue weighted by Gasteiger charge is -2.11. The van der Waals surface area contributed by atoms with Crippen molar-refractivity contribution in [3.8, 4) is 0 Å². The van der Waals surface area contributed by atoms with Gasteiger partial charge in [-0.3, -0.25) is 25.8 Å². The Labute approximate surface area is 156 Å². The predicted octanol–water partition coefficient (Wildman–Crippen LogP) is 3.16. The molecule has 28 heavy (non-hydrogen) atoms. The van der Waals surface area contributed by atoms with Crippen LogP contribution in [0.5, 0.6) is 0 Å². The van der Waals surface area contributed by atoms with E-state index in [2.05, 4.69) is 26.1 Å². The normalized spacial score (nSPS) is 10.2. The molecule has 3 N–H and O–H groups in total. The molecule has 3 aromatic rings. The molecule has 2 aromatic carbocycles. The van der Waals surface area contributed by atoms with E-state index in [4.69, 9.17) is 0 Å². The predicted molar refractivity (Wildman–Crippen MR) is 95.9 cm³/mol. The molecule has 0 aliphatic carbocycles. The Morgan fingerprint density at radius 3 is 2.36 bits per heavy atom. The molecule has 0 bridgehead atoms. The van der Waals surface area contributed by atoms with Crippen molar-refractivity contribution >= 4 is 28.9 Å². The fraction of sp³-hybridized carbons (Fsp3) is 0. The van der Waals surface area contributed by atoms with Crippen LogP contribution in [-0.4, -0.2) is 20.8 Å². The zero-order chi connectivity index (χ0) is 20.1. The summed E-state index contributed by atoms with van der Waals surface area (Å²) in [5.74, 6) is -2.58. The van der Waals surface area contributed by atoms with Crippen molar-refractivity contribution in [2.75, 3.05) is 10.7 Å². The Hall–Kier alpha value is -4.15. The molecule has 0 unspecified atom stereocenters. The number of carbonyl (C=O) groups excluding carboxylic acids is 1. The van der Waals surface area contributed by atoms with E-state index in [9.17, 15) is 23.7 Å². The molecule has 0 saturated carbocycles. The monoisotopic (exact) mass is 386 g/mol. The van der Waals surface area contributed by atoms with E-state index in [1.807, 2.05) is 0 Å². The van der Waals surface area contributed by atoms with Crippen LogP contribution in [0.25, 0.3) is 0 Å². The average Bonchev–Trinajstić information content (AvgIpc) is 2.68. The second kappa shape index (κ2) is 8.03. The molecule has 0 saturated heterocycles. The number of nitrogens with one attached hydrogen (secondary N) is 3. The number of hydrogen-bond donors (Lipinski definition) is 3. The van der Waals surface area contributed by atoms with E-state index in [0.29, 0.717) is 5.69 Å². The summed E-state index contributed by atoms with van der Waals surface area (Å²) in [4.78, 5) is 30.3. The van der Waals surface area contributed by atoms with E-state index in [-0.39, 0.29) is 17.2 Å². The maximum atomic E-state index is 13.6. The first-order chi connectivity index (χ1) is 13.5. The Morgan fingerprint density at radius 1 is 1.00 bits per heavy atom. The number of halogens is 2. The quantitative estimate of drug-likeness (QED) is 0.439. The number of hydrogen-bond acceptors (Lipinski definition) is 7. The minimum absolute atomic E-state index is 0.186. The minimum Gasteiger partial charge on any atom is -0.334 e. The molecule has 1 amide bonds. The minimum atomic E-state index is -0.848. The summed E-state index contributed by atoms with van der Waals surface area (Å²) >= 11 is 0. The number of aromatic nitrogens is 2. The molecular weight excluding hydrogens is 374 g/mol. The standard InChI is InChI=1S/C17H12F2N6O3/c18-10-5-7-11(8-6-10)22-15-14(25(27)28)16(21-9-20-15)23-24-17(26)12-3-1-2-4-13(12)19/h1-9H,(H,24,26)(H2,20,21,22,23). The van der Waals surface area contributed by atoms with Crippen LogP contribution in [0, 0.1) is 21.7 Å². The molecule has 0 radical (unpaired) electrons. The van der Waals surface area contributed by atoms with Crippen LogP contribution < -0.4 is 16.2 Å². The van der Waals surface area contributed by atoms with Gasteiger partial charge in [0, 0.05) is 5.69 Å². The first-order valence-electron chi connectivity index (χ1n) is 7.78. The van der Waals surface area contributed by atoms with Crippen molar-refractivity contribution in [2.45, 2.75) is 0 Å². The molecule has 1 aromatic heterocycles. The van der Waals surface area contributed by atoms with Gasteiger partial charge in [-0.1, -0.05) is 12.1 Å². The van der Waals surface area contributed by atoms with Crippen molar-refractivity contribution < 1.29 is 18.5 Å². The van der Waals surface area contributed by atoms with Crippen molar-refractivity contribution in [3.63, 3.8) is 0 Å². The lowest BCUT2D eigenvalue weighted by molar-refractivity contribution is -0.383. The summed E-state index contributed by atoms with van der Waals surface area (Å²) in [5.41, 5.74) is 3.97. The van der Waals surface area contributed by atoms with Gasteiger partial charge in [0.1, 0.15) is 18.0 Å². The van der Waals surface area contributed by atoms with E-state index in [0.717, 1.165) is 12.4 Å². The molecule has 0 atom stereocenters. The van der Waals surface area contributed by atoms with E-state index in [1.165, 1.54) is 42.5 Å². The third-order valence-corrected chi connectivity index (χ3v) is 3.52. The van der Waals surface area contributed by atoms with Crippen molar-refractivity contribution in [1.82, 2.24) is 15.4 Å². The van der Waals surface area contributed by atoms with Gasteiger partial charge in [0.05, 0.1) is 10.5 Å². The zero-order valence-corrected chi connectivity index (χ0v) is 14.0. The van der Waals surface area contributed by atoms with Crippen LogP contribution in [0.4, 0.5) is 31.8 Å². The SMILES string of the molecule is O=C(NNc1ncnc(Nc2ccc(F)cc2)c1[N+](=O)[O-])c1ccccc1F. The topological polar surface area (TPSA) is 122 Å². The van der Waals surface area contributed by atoms with Gasteiger partial charge in [-0.25, -0.2) is 18.7 Å². The van der Waals surface area contributed by atoms with E-state index >= 15 is 0 Å². The molecule has 0 spiro atoms. The lowest BCUT2D eigenvalue weighted by Crippen LogP contribution is -2.31. The molecule has 142 valence electrons. The maximum Gasteiger partial charge on any atom is 0.355 e. The lowest BCUT2D eigenvalue weighted by atomic mass is 10.2. The fourth-order valence-electron chi connectivity index (χ4n) is 2.23. The average molecular weight is 386 g/mol. The highest BCUT2D eigenvalue weighted by Crippen LogP contribution is 2.30. The molecule has 11 heteroatoms. The molecule has 0 aliphatic heterocycles. The largest absolute Gasteiger partial charge is 0.355 e. The summed E-state index contributed by atoms with van der Waals surface area (Å²) in [5, 5.41) is 14.1. The Morgan fingerprint density at radius 2 is 1.68 bits per heavy atom. The van der Waals surface area contributed by atoms with Gasteiger partial charge in [-0.2, -0.15) is 0 Å². The van der Waals surface area contributed by atoms with Gasteiger partial charge in [0.2, 0.25) is 11.6 Å². The highest BCUT2D eigenvalue weighted by Gasteiger charge is 2.24. The third kappa shape index (κ3) is 4.15. The van der Waals surface area contributed by atoms with Crippen LogP contribution >= 0.6 is 0 Å². The summed E-state index contributed by atoms with van der Waals surface area (Å²) < 4.78 is 26.7. The number of rotatable bonds is 6. The first-order valence-corrected chi connectivity index (χ1v) is 7.78. The Bertz CT molecular complexity index is 1030. The fourth-order valence-corrected chi connectivity index (χ4v) is 2.23. The summed E-state index contributed by atoms with van der Waals surface area (Å²) in [6.45, 7) is 0. The van der Waals surface area contributed by atoms with Crippen LogP contribution in [0.1, 0.15) is 10.4 Å². The smallest absolute Gasteiger partial charge is 0.334 e. The van der Waals surface area contributed by atoms with Gasteiger partial charge in [-0.05, 0) is 36.4 Å². The molecule has 0 aliphatic rings. The summed E-state index contributed by atoms with van der Waals surface area (Å²) in [6, 6.07) is 10.3. The number of amides is 1. The number of nitrogens with zero attached hydrogens (tertiary/aromatic N) is 3. The zero-order valence-electron chi connectivity index (χ0n) is 14.0. The van der Waals surface area contributed by atoms with Crippen LogP contribution in [0.15, 0.2) is 54.9 Å². The number of carbonyl (C=O) groups is 1. The Kier molecular flexibility index (Phi) is 5.35. The number of anilines is 3. The second-order valence-corrected chi connectivity index (χ2v) is 5.37. The molecular formula is C17H12F2N6O3. The van der Waals surface area contributed by atoms with Crippen LogP contribution in [0.3, 0.4) is 0 Å². The summed E-state index contributed by atoms with van der Waals surface area (Å²) in [6.07, 6.45) is 1.02. The van der Waals surface area contributed by atoms with Crippen molar-refractivity contribution in [3.05, 3.63) is 82.2 Å². The van der Waals surface area contributed by atoms with E-state index < -0.39 is 28.2 Å². The van der Waals surface area contributed by atoms with Gasteiger partial charge in [0.25, 0.3) is 5.91 Å². The van der Waals surface area contributed by atoms with Crippen molar-refractivity contribution in [2.24, 2.45) is 0 Å². The van der Waals surface area contributed by atoms with Crippen LogP contribution in [-0.2, 0) is 0 Å². The second-order valence-electron chi connectivity index (χ2n) is 5.37. The molecule has 9 nitrogen and oxygen atoms in total. The van der Waals surface area contributed by atoms with Crippen molar-refractivity contribution in [1.29, 1.82) is 0 Å². The summed E-state index contributed by atoms with van der Waals surface area (Å²) in [7, 11) is 0.